The summed E-state index contributed by atoms with van der Waals surface area (Å²) in [5.74, 6) is -0.766. The fourth-order valence-corrected chi connectivity index (χ4v) is 1.30. The van der Waals surface area contributed by atoms with Gasteiger partial charge in [0.15, 0.2) is 0 Å². The van der Waals surface area contributed by atoms with Crippen LogP contribution in [0, 0.1) is 0 Å². The highest BCUT2D eigenvalue weighted by Crippen LogP contribution is 2.07. The van der Waals surface area contributed by atoms with Crippen molar-refractivity contribution in [3.05, 3.63) is 47.5 Å². The van der Waals surface area contributed by atoms with E-state index in [4.69, 9.17) is 0 Å². The highest BCUT2D eigenvalue weighted by Gasteiger charge is 2.04. The number of ether oxygens (including phenoxy) is 2. The van der Waals surface area contributed by atoms with Crippen molar-refractivity contribution in [2.24, 2.45) is 0 Å². The van der Waals surface area contributed by atoms with Gasteiger partial charge in [-0.15, -0.1) is 0 Å². The van der Waals surface area contributed by atoms with Crippen molar-refractivity contribution in [2.75, 3.05) is 14.2 Å². The molecule has 1 aromatic rings. The van der Waals surface area contributed by atoms with Crippen LogP contribution in [0.3, 0.4) is 0 Å². The summed E-state index contributed by atoms with van der Waals surface area (Å²) in [4.78, 5) is 22.1. The Balaban J connectivity index is 2.69. The Morgan fingerprint density at radius 2 is 2.00 bits per heavy atom. The average molecular weight is 234 g/mol. The Morgan fingerprint density at radius 3 is 2.65 bits per heavy atom. The molecule has 0 unspecified atom stereocenters. The standard InChI is InChI=1S/C13H14O4/c1-16-12(14)8-4-6-10-5-3-7-11(9-10)13(15)17-2/h3-5,7-9H,6H2,1-2H3. The van der Waals surface area contributed by atoms with E-state index in [1.807, 2.05) is 6.07 Å². The minimum Gasteiger partial charge on any atom is -0.466 e. The lowest BCUT2D eigenvalue weighted by atomic mass is 10.1. The van der Waals surface area contributed by atoms with Crippen LogP contribution >= 0.6 is 0 Å². The molecule has 0 aliphatic heterocycles. The van der Waals surface area contributed by atoms with Gasteiger partial charge in [-0.2, -0.15) is 0 Å². The third-order valence-electron chi connectivity index (χ3n) is 2.16. The number of rotatable bonds is 4. The van der Waals surface area contributed by atoms with Crippen molar-refractivity contribution in [2.45, 2.75) is 6.42 Å². The van der Waals surface area contributed by atoms with E-state index in [-0.39, 0.29) is 5.97 Å². The first-order valence-electron chi connectivity index (χ1n) is 5.09. The van der Waals surface area contributed by atoms with Crippen molar-refractivity contribution in [3.63, 3.8) is 0 Å². The number of carbonyl (C=O) groups is 2. The first kappa shape index (κ1) is 13.0. The van der Waals surface area contributed by atoms with Crippen LogP contribution in [0.4, 0.5) is 0 Å². The molecule has 1 rings (SSSR count). The lowest BCUT2D eigenvalue weighted by Crippen LogP contribution is -2.01. The number of allylic oxidation sites excluding steroid dienone is 1. The van der Waals surface area contributed by atoms with Crippen LogP contribution in [0.15, 0.2) is 36.4 Å². The van der Waals surface area contributed by atoms with Gasteiger partial charge in [0.25, 0.3) is 0 Å². The molecule has 0 N–H and O–H groups in total. The van der Waals surface area contributed by atoms with Crippen LogP contribution in [-0.2, 0) is 20.7 Å². The fraction of sp³-hybridized carbons (Fsp3) is 0.231. The van der Waals surface area contributed by atoms with E-state index in [0.717, 1.165) is 5.56 Å². The minimum atomic E-state index is -0.394. The number of hydrogen-bond acceptors (Lipinski definition) is 4. The molecule has 17 heavy (non-hydrogen) atoms. The summed E-state index contributed by atoms with van der Waals surface area (Å²) in [6.45, 7) is 0. The zero-order valence-electron chi connectivity index (χ0n) is 9.80. The third-order valence-corrected chi connectivity index (χ3v) is 2.16. The number of benzene rings is 1. The van der Waals surface area contributed by atoms with Crippen LogP contribution in [0.5, 0.6) is 0 Å². The smallest absolute Gasteiger partial charge is 0.337 e. The van der Waals surface area contributed by atoms with Crippen molar-refractivity contribution in [3.8, 4) is 0 Å². The van der Waals surface area contributed by atoms with Gasteiger partial charge in [0, 0.05) is 6.08 Å². The quantitative estimate of drug-likeness (QED) is 0.588. The van der Waals surface area contributed by atoms with Gasteiger partial charge in [-0.1, -0.05) is 18.2 Å². The minimum absolute atomic E-state index is 0.371. The predicted molar refractivity (Wildman–Crippen MR) is 62.6 cm³/mol. The molecule has 1 aromatic carbocycles. The Hall–Kier alpha value is -2.10. The molecule has 0 spiro atoms. The van der Waals surface area contributed by atoms with Gasteiger partial charge in [0.1, 0.15) is 0 Å². The topological polar surface area (TPSA) is 52.6 Å². The van der Waals surface area contributed by atoms with Gasteiger partial charge in [-0.25, -0.2) is 9.59 Å². The molecule has 0 radical (unpaired) electrons. The number of carbonyl (C=O) groups excluding carboxylic acids is 2. The van der Waals surface area contributed by atoms with Crippen LogP contribution in [0.1, 0.15) is 15.9 Å². The average Bonchev–Trinajstić information content (AvgIpc) is 2.38. The predicted octanol–water partition coefficient (Wildman–Crippen LogP) is 1.74. The van der Waals surface area contributed by atoms with Gasteiger partial charge in [-0.3, -0.25) is 0 Å². The van der Waals surface area contributed by atoms with Crippen molar-refractivity contribution in [1.82, 2.24) is 0 Å². The van der Waals surface area contributed by atoms with E-state index in [1.54, 1.807) is 24.3 Å². The maximum atomic E-state index is 11.3. The highest BCUT2D eigenvalue weighted by atomic mass is 16.5. The van der Waals surface area contributed by atoms with Gasteiger partial charge >= 0.3 is 11.9 Å². The Morgan fingerprint density at radius 1 is 1.24 bits per heavy atom. The lowest BCUT2D eigenvalue weighted by molar-refractivity contribution is -0.134. The molecule has 4 heteroatoms. The highest BCUT2D eigenvalue weighted by molar-refractivity contribution is 5.89. The number of methoxy groups -OCH3 is 2. The SMILES string of the molecule is COC(=O)C=CCc1cccc(C(=O)OC)c1. The summed E-state index contributed by atoms with van der Waals surface area (Å²) >= 11 is 0. The molecule has 0 saturated carbocycles. The van der Waals surface area contributed by atoms with E-state index in [0.29, 0.717) is 12.0 Å². The van der Waals surface area contributed by atoms with Crippen LogP contribution in [0.25, 0.3) is 0 Å². The molecular weight excluding hydrogens is 220 g/mol. The maximum Gasteiger partial charge on any atom is 0.337 e. The normalized spacial score (nSPS) is 10.2. The van der Waals surface area contributed by atoms with E-state index in [1.165, 1.54) is 20.3 Å². The van der Waals surface area contributed by atoms with Crippen molar-refractivity contribution in [1.29, 1.82) is 0 Å². The van der Waals surface area contributed by atoms with E-state index in [9.17, 15) is 9.59 Å². The zero-order valence-corrected chi connectivity index (χ0v) is 9.80. The molecule has 0 bridgehead atoms. The van der Waals surface area contributed by atoms with Crippen LogP contribution in [-0.4, -0.2) is 26.2 Å². The van der Waals surface area contributed by atoms with Crippen molar-refractivity contribution >= 4 is 11.9 Å². The second kappa shape index (κ2) is 6.48. The summed E-state index contributed by atoms with van der Waals surface area (Å²) in [6, 6.07) is 7.05. The third kappa shape index (κ3) is 4.10. The van der Waals surface area contributed by atoms with Gasteiger partial charge in [0.05, 0.1) is 19.8 Å². The lowest BCUT2D eigenvalue weighted by Gasteiger charge is -2.01. The summed E-state index contributed by atoms with van der Waals surface area (Å²) in [5.41, 5.74) is 1.42. The monoisotopic (exact) mass is 234 g/mol. The first-order valence-corrected chi connectivity index (χ1v) is 5.09. The maximum absolute atomic E-state index is 11.3. The summed E-state index contributed by atoms with van der Waals surface area (Å²) < 4.78 is 9.09. The molecule has 0 amide bonds. The Labute approximate surface area is 99.8 Å². The van der Waals surface area contributed by atoms with Gasteiger partial charge in [0.2, 0.25) is 0 Å². The molecule has 90 valence electrons. The molecule has 0 fully saturated rings. The van der Waals surface area contributed by atoms with Gasteiger partial charge in [-0.05, 0) is 24.1 Å². The Bertz CT molecular complexity index is 435. The van der Waals surface area contributed by atoms with Crippen LogP contribution < -0.4 is 0 Å². The van der Waals surface area contributed by atoms with E-state index < -0.39 is 5.97 Å². The molecular formula is C13H14O4. The molecule has 0 heterocycles. The molecule has 4 nitrogen and oxygen atoms in total. The van der Waals surface area contributed by atoms with E-state index in [2.05, 4.69) is 9.47 Å². The molecule has 0 atom stereocenters. The van der Waals surface area contributed by atoms with Crippen LogP contribution in [0.2, 0.25) is 0 Å². The molecule has 0 aliphatic rings. The second-order valence-corrected chi connectivity index (χ2v) is 3.32. The molecule has 0 saturated heterocycles. The largest absolute Gasteiger partial charge is 0.466 e. The summed E-state index contributed by atoms with van der Waals surface area (Å²) in [5, 5.41) is 0. The fourth-order valence-electron chi connectivity index (χ4n) is 1.30. The van der Waals surface area contributed by atoms with Gasteiger partial charge < -0.3 is 9.47 Å². The second-order valence-electron chi connectivity index (χ2n) is 3.32. The molecule has 0 aromatic heterocycles. The number of hydrogen-bond donors (Lipinski definition) is 0. The molecule has 0 aliphatic carbocycles. The zero-order chi connectivity index (χ0) is 12.7. The summed E-state index contributed by atoms with van der Waals surface area (Å²) in [7, 11) is 2.66. The number of esters is 2. The Kier molecular flexibility index (Phi) is 4.94. The van der Waals surface area contributed by atoms with E-state index >= 15 is 0 Å². The summed E-state index contributed by atoms with van der Waals surface area (Å²) in [6.07, 6.45) is 3.59. The first-order chi connectivity index (χ1) is 8.17. The van der Waals surface area contributed by atoms with Crippen molar-refractivity contribution < 1.29 is 19.1 Å².